The number of ether oxygens (including phenoxy) is 3. The summed E-state index contributed by atoms with van der Waals surface area (Å²) in [5, 5.41) is 9.51. The molecule has 0 aromatic carbocycles. The van der Waals surface area contributed by atoms with Crippen molar-refractivity contribution in [3.05, 3.63) is 36.1 Å². The normalized spacial score (nSPS) is 14.4. The Bertz CT molecular complexity index is 434. The van der Waals surface area contributed by atoms with Crippen molar-refractivity contribution in [2.24, 2.45) is 0 Å². The second-order valence-electron chi connectivity index (χ2n) is 6.12. The van der Waals surface area contributed by atoms with Gasteiger partial charge in [-0.15, -0.1) is 6.58 Å². The fourth-order valence-electron chi connectivity index (χ4n) is 2.17. The van der Waals surface area contributed by atoms with Gasteiger partial charge in [-0.25, -0.2) is 0 Å². The number of alkyl halides is 2. The molecule has 0 radical (unpaired) electrons. The van der Waals surface area contributed by atoms with Crippen molar-refractivity contribution in [1.82, 2.24) is 0 Å². The SMILES string of the molecule is C=CC(O)C(F)(F)/C(=C\CC/C(C)=C/CCCCC)OCOCCOC. The van der Waals surface area contributed by atoms with Gasteiger partial charge >= 0.3 is 5.92 Å². The Morgan fingerprint density at radius 2 is 1.92 bits per heavy atom. The van der Waals surface area contributed by atoms with Crippen LogP contribution in [0.25, 0.3) is 0 Å². The molecule has 0 rings (SSSR count). The van der Waals surface area contributed by atoms with E-state index in [4.69, 9.17) is 14.2 Å². The van der Waals surface area contributed by atoms with Crippen LogP contribution >= 0.6 is 0 Å². The Kier molecular flexibility index (Phi) is 14.2. The van der Waals surface area contributed by atoms with Crippen molar-refractivity contribution in [2.75, 3.05) is 27.1 Å². The molecule has 0 spiro atoms. The second kappa shape index (κ2) is 14.9. The van der Waals surface area contributed by atoms with Gasteiger partial charge in [-0.1, -0.05) is 37.5 Å². The van der Waals surface area contributed by atoms with Crippen LogP contribution in [0.15, 0.2) is 36.1 Å². The van der Waals surface area contributed by atoms with E-state index in [0.717, 1.165) is 24.5 Å². The Morgan fingerprint density at radius 1 is 1.19 bits per heavy atom. The van der Waals surface area contributed by atoms with Gasteiger partial charge in [0.15, 0.2) is 12.6 Å². The van der Waals surface area contributed by atoms with Crippen molar-refractivity contribution < 1.29 is 28.1 Å². The van der Waals surface area contributed by atoms with Crippen LogP contribution in [0.1, 0.15) is 52.4 Å². The van der Waals surface area contributed by atoms with Crippen molar-refractivity contribution in [3.63, 3.8) is 0 Å². The summed E-state index contributed by atoms with van der Waals surface area (Å²) in [4.78, 5) is 0. The van der Waals surface area contributed by atoms with E-state index in [1.165, 1.54) is 26.0 Å². The Balaban J connectivity index is 4.71. The number of methoxy groups -OCH3 is 1. The van der Waals surface area contributed by atoms with E-state index < -0.39 is 17.8 Å². The number of hydrogen-bond acceptors (Lipinski definition) is 4. The molecular formula is C20H34F2O4. The summed E-state index contributed by atoms with van der Waals surface area (Å²) in [6.45, 7) is 7.61. The molecule has 0 amide bonds. The molecule has 152 valence electrons. The van der Waals surface area contributed by atoms with Crippen molar-refractivity contribution in [1.29, 1.82) is 0 Å². The molecule has 26 heavy (non-hydrogen) atoms. The van der Waals surface area contributed by atoms with Crippen LogP contribution in [0, 0.1) is 0 Å². The van der Waals surface area contributed by atoms with Crippen molar-refractivity contribution in [2.45, 2.75) is 64.4 Å². The van der Waals surface area contributed by atoms with E-state index in [0.29, 0.717) is 19.4 Å². The van der Waals surface area contributed by atoms with Crippen molar-refractivity contribution >= 4 is 0 Å². The highest BCUT2D eigenvalue weighted by molar-refractivity contribution is 5.13. The molecule has 1 atom stereocenters. The maximum absolute atomic E-state index is 14.3. The van der Waals surface area contributed by atoms with Crippen molar-refractivity contribution in [3.8, 4) is 0 Å². The van der Waals surface area contributed by atoms with Crippen LogP contribution in [0.5, 0.6) is 0 Å². The first kappa shape index (κ1) is 24.8. The summed E-state index contributed by atoms with van der Waals surface area (Å²) in [5.74, 6) is -4.15. The van der Waals surface area contributed by atoms with E-state index in [-0.39, 0.29) is 13.4 Å². The predicted molar refractivity (Wildman–Crippen MR) is 100 cm³/mol. The number of unbranched alkanes of at least 4 members (excludes halogenated alkanes) is 3. The molecule has 0 heterocycles. The molecular weight excluding hydrogens is 342 g/mol. The largest absolute Gasteiger partial charge is 0.466 e. The minimum Gasteiger partial charge on any atom is -0.466 e. The lowest BCUT2D eigenvalue weighted by atomic mass is 10.1. The quantitative estimate of drug-likeness (QED) is 0.178. The molecule has 0 aromatic heterocycles. The van der Waals surface area contributed by atoms with Crippen LogP contribution in [0.2, 0.25) is 0 Å². The van der Waals surface area contributed by atoms with Gasteiger partial charge in [-0.2, -0.15) is 8.78 Å². The molecule has 0 aromatic rings. The van der Waals surface area contributed by atoms with E-state index in [9.17, 15) is 13.9 Å². The minimum absolute atomic E-state index is 0.235. The second-order valence-corrected chi connectivity index (χ2v) is 6.12. The molecule has 6 heteroatoms. The van der Waals surface area contributed by atoms with Crippen LogP contribution in [0.3, 0.4) is 0 Å². The highest BCUT2D eigenvalue weighted by Gasteiger charge is 2.42. The Labute approximate surface area is 156 Å². The lowest BCUT2D eigenvalue weighted by Crippen LogP contribution is -2.35. The van der Waals surface area contributed by atoms with E-state index >= 15 is 0 Å². The number of allylic oxidation sites excluding steroid dienone is 3. The molecule has 4 nitrogen and oxygen atoms in total. The minimum atomic E-state index is -3.55. The third-order valence-electron chi connectivity index (χ3n) is 3.82. The Morgan fingerprint density at radius 3 is 2.54 bits per heavy atom. The van der Waals surface area contributed by atoms with Crippen LogP contribution in [-0.4, -0.2) is 44.2 Å². The molecule has 1 N–H and O–H groups in total. The van der Waals surface area contributed by atoms with E-state index in [2.05, 4.69) is 19.6 Å². The summed E-state index contributed by atoms with van der Waals surface area (Å²) < 4.78 is 43.5. The number of hydrogen-bond donors (Lipinski definition) is 1. The zero-order chi connectivity index (χ0) is 19.8. The smallest absolute Gasteiger partial charge is 0.332 e. The highest BCUT2D eigenvalue weighted by Crippen LogP contribution is 2.30. The summed E-state index contributed by atoms with van der Waals surface area (Å²) in [7, 11) is 1.52. The molecule has 0 saturated carbocycles. The van der Waals surface area contributed by atoms with Gasteiger partial charge in [0.05, 0.1) is 13.2 Å². The van der Waals surface area contributed by atoms with Gasteiger partial charge < -0.3 is 19.3 Å². The van der Waals surface area contributed by atoms with Gasteiger partial charge in [-0.3, -0.25) is 0 Å². The Hall–Kier alpha value is -1.24. The number of aliphatic hydroxyl groups is 1. The molecule has 0 bridgehead atoms. The van der Waals surface area contributed by atoms with Gasteiger partial charge in [0.2, 0.25) is 0 Å². The lowest BCUT2D eigenvalue weighted by molar-refractivity contribution is -0.123. The number of aliphatic hydroxyl groups excluding tert-OH is 1. The average Bonchev–Trinajstić information content (AvgIpc) is 2.62. The first-order valence-electron chi connectivity index (χ1n) is 9.14. The number of rotatable bonds is 16. The molecule has 0 aliphatic heterocycles. The van der Waals surface area contributed by atoms with Crippen LogP contribution in [0.4, 0.5) is 8.78 Å². The van der Waals surface area contributed by atoms with Gasteiger partial charge in [-0.05, 0) is 38.7 Å². The lowest BCUT2D eigenvalue weighted by Gasteiger charge is -2.23. The molecule has 0 saturated heterocycles. The zero-order valence-electron chi connectivity index (χ0n) is 16.3. The first-order chi connectivity index (χ1) is 12.4. The molecule has 0 aliphatic rings. The third-order valence-corrected chi connectivity index (χ3v) is 3.82. The van der Waals surface area contributed by atoms with E-state index in [1.807, 2.05) is 6.92 Å². The maximum Gasteiger partial charge on any atom is 0.332 e. The molecule has 0 fully saturated rings. The van der Waals surface area contributed by atoms with Gasteiger partial charge in [0.1, 0.15) is 6.10 Å². The zero-order valence-corrected chi connectivity index (χ0v) is 16.3. The van der Waals surface area contributed by atoms with Gasteiger partial charge in [0, 0.05) is 7.11 Å². The fraction of sp³-hybridized carbons (Fsp3) is 0.700. The number of halogens is 2. The summed E-state index contributed by atoms with van der Waals surface area (Å²) in [5.41, 5.74) is 1.15. The standard InChI is InChI=1S/C20H34F2O4/c1-5-7-8-9-11-17(3)12-10-13-19(20(21,22)18(23)6-2)26-16-25-15-14-24-4/h6,11,13,18,23H,2,5,7-10,12,14-16H2,1,3-4H3/b17-11+,19-13+. The first-order valence-corrected chi connectivity index (χ1v) is 9.14. The highest BCUT2D eigenvalue weighted by atomic mass is 19.3. The molecule has 0 aliphatic carbocycles. The topological polar surface area (TPSA) is 47.9 Å². The van der Waals surface area contributed by atoms with Gasteiger partial charge in [0.25, 0.3) is 0 Å². The monoisotopic (exact) mass is 376 g/mol. The molecule has 1 unspecified atom stereocenters. The summed E-state index contributed by atoms with van der Waals surface area (Å²) >= 11 is 0. The fourth-order valence-corrected chi connectivity index (χ4v) is 2.17. The summed E-state index contributed by atoms with van der Waals surface area (Å²) in [6, 6.07) is 0. The van der Waals surface area contributed by atoms with Crippen LogP contribution in [-0.2, 0) is 14.2 Å². The van der Waals surface area contributed by atoms with E-state index in [1.54, 1.807) is 0 Å². The third kappa shape index (κ3) is 10.7. The van der Waals surface area contributed by atoms with Crippen LogP contribution < -0.4 is 0 Å². The predicted octanol–water partition coefficient (Wildman–Crippen LogP) is 5.00. The average molecular weight is 376 g/mol. The maximum atomic E-state index is 14.3. The summed E-state index contributed by atoms with van der Waals surface area (Å²) in [6.07, 6.45) is 7.79.